The summed E-state index contributed by atoms with van der Waals surface area (Å²) in [6.45, 7) is 11.3. The summed E-state index contributed by atoms with van der Waals surface area (Å²) < 4.78 is 0. The van der Waals surface area contributed by atoms with Gasteiger partial charge in [-0.05, 0) is 111 Å². The van der Waals surface area contributed by atoms with Crippen LogP contribution < -0.4 is 0 Å². The molecule has 7 atom stereocenters. The Bertz CT molecular complexity index is 660. The lowest BCUT2D eigenvalue weighted by atomic mass is 9.76. The molecule has 1 spiro atoms. The molecule has 1 aromatic carbocycles. The van der Waals surface area contributed by atoms with Gasteiger partial charge in [0.25, 0.3) is 0 Å². The number of benzene rings is 1. The van der Waals surface area contributed by atoms with E-state index in [1.165, 1.54) is 70.5 Å². The van der Waals surface area contributed by atoms with E-state index in [-0.39, 0.29) is 7.61 Å². The van der Waals surface area contributed by atoms with Gasteiger partial charge >= 0.3 is 0 Å². The second-order valence-corrected chi connectivity index (χ2v) is 18.8. The molecule has 0 radical (unpaired) electrons. The van der Waals surface area contributed by atoms with E-state index in [2.05, 4.69) is 60.0 Å². The van der Waals surface area contributed by atoms with Gasteiger partial charge in [0.2, 0.25) is 0 Å². The van der Waals surface area contributed by atoms with Gasteiger partial charge in [0, 0.05) is 0 Å². The van der Waals surface area contributed by atoms with Gasteiger partial charge in [-0.15, -0.1) is 17.2 Å². The fourth-order valence-electron chi connectivity index (χ4n) is 5.93. The molecule has 1 aromatic rings. The maximum Gasteiger partial charge on any atom is -0.0115 e. The quantitative estimate of drug-likeness (QED) is 0.240. The van der Waals surface area contributed by atoms with Crippen LogP contribution in [-0.2, 0) is 6.42 Å². The molecule has 0 saturated heterocycles. The molecule has 0 aliphatic heterocycles. The molecule has 2 fully saturated rings. The Morgan fingerprint density at radius 3 is 2.52 bits per heavy atom. The summed E-state index contributed by atoms with van der Waals surface area (Å²) >= 11 is 0. The van der Waals surface area contributed by atoms with E-state index >= 15 is 0 Å². The lowest BCUT2D eigenvalue weighted by molar-refractivity contribution is 0.232. The zero-order valence-corrected chi connectivity index (χ0v) is 24.3. The largest absolute Gasteiger partial charge is 0.111 e. The van der Waals surface area contributed by atoms with Gasteiger partial charge in [-0.25, -0.2) is 0 Å². The van der Waals surface area contributed by atoms with Crippen LogP contribution in [0.15, 0.2) is 30.8 Å². The topological polar surface area (TPSA) is 0 Å². The molecule has 174 valence electrons. The molecule has 0 aromatic heterocycles. The van der Waals surface area contributed by atoms with Crippen molar-refractivity contribution >= 4 is 39.2 Å². The van der Waals surface area contributed by atoms with Crippen LogP contribution in [0.2, 0.25) is 0 Å². The maximum atomic E-state index is 3.87. The summed E-state index contributed by atoms with van der Waals surface area (Å²) in [5.41, 5.74) is 4.63. The maximum absolute atomic E-state index is 3.87. The van der Waals surface area contributed by atoms with Crippen molar-refractivity contribution in [2.24, 2.45) is 23.2 Å². The Hall–Kier alpha value is 0.680. The monoisotopic (exact) mass is 494 g/mol. The van der Waals surface area contributed by atoms with Gasteiger partial charge in [-0.2, -0.15) is 0 Å². The average Bonchev–Trinajstić information content (AvgIpc) is 3.49. The molecule has 0 bridgehead atoms. The Labute approximate surface area is 200 Å². The summed E-state index contributed by atoms with van der Waals surface area (Å²) in [5.74, 6) is 2.86. The summed E-state index contributed by atoms with van der Waals surface area (Å²) in [4.78, 5) is 0. The molecule has 31 heavy (non-hydrogen) atoms. The third-order valence-electron chi connectivity index (χ3n) is 8.17. The molecule has 7 unspecified atom stereocenters. The second kappa shape index (κ2) is 13.0. The molecule has 0 N–H and O–H groups in total. The van der Waals surface area contributed by atoms with Crippen LogP contribution in [0.3, 0.4) is 0 Å². The number of hydrogen-bond donors (Lipinski definition) is 0. The fraction of sp³-hybridized carbons (Fsp3) is 0.704. The zero-order chi connectivity index (χ0) is 22.3. The molecule has 0 heterocycles. The lowest BCUT2D eigenvalue weighted by Gasteiger charge is -2.31. The van der Waals surface area contributed by atoms with Gasteiger partial charge in [0.15, 0.2) is 0 Å². The average molecular weight is 495 g/mol. The summed E-state index contributed by atoms with van der Waals surface area (Å²) in [6.07, 6.45) is 18.1. The minimum atomic E-state index is 0.223. The van der Waals surface area contributed by atoms with Gasteiger partial charge in [0.05, 0.1) is 0 Å². The van der Waals surface area contributed by atoms with E-state index in [0.29, 0.717) is 0 Å². The smallest absolute Gasteiger partial charge is 0.0115 e. The fourth-order valence-corrected chi connectivity index (χ4v) is 11.3. The van der Waals surface area contributed by atoms with Crippen molar-refractivity contribution < 1.29 is 0 Å². The normalized spacial score (nSPS) is 29.0. The van der Waals surface area contributed by atoms with Crippen molar-refractivity contribution in [2.75, 3.05) is 19.5 Å². The zero-order valence-electron chi connectivity index (χ0n) is 20.2. The van der Waals surface area contributed by atoms with E-state index in [1.807, 2.05) is 6.08 Å². The van der Waals surface area contributed by atoms with Crippen molar-refractivity contribution in [3.05, 3.63) is 42.0 Å². The summed E-state index contributed by atoms with van der Waals surface area (Å²) in [7, 11) is 5.67. The van der Waals surface area contributed by atoms with Gasteiger partial charge in [0.1, 0.15) is 0 Å². The van der Waals surface area contributed by atoms with Crippen molar-refractivity contribution in [3.63, 3.8) is 0 Å². The second-order valence-electron chi connectivity index (χ2n) is 10.6. The first kappa shape index (κ1) is 26.3. The molecular formula is C27H46P4. The predicted molar refractivity (Wildman–Crippen MR) is 154 cm³/mol. The van der Waals surface area contributed by atoms with Crippen molar-refractivity contribution in [2.45, 2.75) is 76.8 Å². The van der Waals surface area contributed by atoms with Crippen molar-refractivity contribution in [1.29, 1.82) is 0 Å². The predicted octanol–water partition coefficient (Wildman–Crippen LogP) is 9.44. The van der Waals surface area contributed by atoms with Gasteiger partial charge < -0.3 is 0 Å². The first-order valence-electron chi connectivity index (χ1n) is 12.5. The van der Waals surface area contributed by atoms with E-state index in [4.69, 9.17) is 0 Å². The lowest BCUT2D eigenvalue weighted by Crippen LogP contribution is -2.19. The summed E-state index contributed by atoms with van der Waals surface area (Å²) in [5, 5.41) is 0. The highest BCUT2D eigenvalue weighted by atomic mass is 32.0. The SMILES string of the molecule is C=Cc1ccc(CCC(CPPC)CC(C)CCC2CCC3(CC2)CC3P(C)P)cc1. The highest BCUT2D eigenvalue weighted by molar-refractivity contribution is 8.13. The molecule has 0 nitrogen and oxygen atoms in total. The van der Waals surface area contributed by atoms with E-state index in [1.54, 1.807) is 19.3 Å². The van der Waals surface area contributed by atoms with E-state index in [9.17, 15) is 0 Å². The minimum Gasteiger partial charge on any atom is -0.111 e. The van der Waals surface area contributed by atoms with Crippen LogP contribution in [0.5, 0.6) is 0 Å². The third-order valence-corrected chi connectivity index (χ3v) is 13.8. The first-order valence-corrected chi connectivity index (χ1v) is 19.7. The molecular weight excluding hydrogens is 448 g/mol. The standard InChI is InChI=1S/C27H46P4/c1-5-22-8-10-23(11-9-22)12-13-25(20-30-29-3)18-21(2)6-7-24-14-16-27(17-15-24)19-26(27)31(4)28/h5,8-11,21,24-26,29-30H,1,6-7,12-20,28H2,2-4H3. The van der Waals surface area contributed by atoms with E-state index in [0.717, 1.165) is 37.1 Å². The van der Waals surface area contributed by atoms with Crippen molar-refractivity contribution in [1.82, 2.24) is 0 Å². The molecule has 0 amide bonds. The van der Waals surface area contributed by atoms with Crippen LogP contribution >= 0.6 is 33.1 Å². The molecule has 3 rings (SSSR count). The minimum absolute atomic E-state index is 0.223. The highest BCUT2D eigenvalue weighted by Gasteiger charge is 2.55. The Morgan fingerprint density at radius 1 is 1.23 bits per heavy atom. The molecule has 4 heteroatoms. The molecule has 2 aliphatic carbocycles. The van der Waals surface area contributed by atoms with Gasteiger partial charge in [-0.3, -0.25) is 0 Å². The Balaban J connectivity index is 1.38. The number of aryl methyl sites for hydroxylation is 1. The van der Waals surface area contributed by atoms with Crippen LogP contribution in [-0.4, -0.2) is 25.2 Å². The number of hydrogen-bond acceptors (Lipinski definition) is 0. The number of rotatable bonds is 13. The van der Waals surface area contributed by atoms with Crippen LogP contribution in [0.4, 0.5) is 0 Å². The van der Waals surface area contributed by atoms with E-state index < -0.39 is 0 Å². The first-order chi connectivity index (χ1) is 15.0. The van der Waals surface area contributed by atoms with Crippen LogP contribution in [0.1, 0.15) is 75.8 Å². The van der Waals surface area contributed by atoms with Crippen molar-refractivity contribution in [3.8, 4) is 0 Å². The summed E-state index contributed by atoms with van der Waals surface area (Å²) in [6, 6.07) is 9.05. The Morgan fingerprint density at radius 2 is 1.94 bits per heavy atom. The third kappa shape index (κ3) is 8.14. The van der Waals surface area contributed by atoms with Gasteiger partial charge in [-0.1, -0.05) is 72.6 Å². The van der Waals surface area contributed by atoms with Crippen LogP contribution in [0, 0.1) is 23.2 Å². The molecule has 2 aliphatic rings. The van der Waals surface area contributed by atoms with Crippen LogP contribution in [0.25, 0.3) is 6.08 Å². The highest BCUT2D eigenvalue weighted by Crippen LogP contribution is 2.72. The Kier molecular flexibility index (Phi) is 11.0. The molecule has 2 saturated carbocycles.